The maximum atomic E-state index is 12.1. The van der Waals surface area contributed by atoms with Gasteiger partial charge in [0.2, 0.25) is 5.88 Å². The van der Waals surface area contributed by atoms with Crippen LogP contribution in [0.2, 0.25) is 0 Å². The van der Waals surface area contributed by atoms with Gasteiger partial charge in [0.25, 0.3) is 0 Å². The zero-order valence-corrected chi connectivity index (χ0v) is 12.7. The number of amides is 2. The molecule has 7 nitrogen and oxygen atoms in total. The second-order valence-corrected chi connectivity index (χ2v) is 5.52. The highest BCUT2D eigenvalue weighted by Crippen LogP contribution is 2.13. The lowest BCUT2D eigenvalue weighted by Gasteiger charge is -2.34. The molecule has 0 bridgehead atoms. The largest absolute Gasteiger partial charge is 0.481 e. The van der Waals surface area contributed by atoms with Crippen LogP contribution in [0.4, 0.5) is 4.79 Å². The quantitative estimate of drug-likeness (QED) is 0.858. The molecule has 0 spiro atoms. The van der Waals surface area contributed by atoms with Crippen LogP contribution in [0.1, 0.15) is 26.3 Å². The molecule has 0 unspecified atom stereocenters. The van der Waals surface area contributed by atoms with Gasteiger partial charge in [-0.15, -0.1) is 0 Å². The third-order valence-electron chi connectivity index (χ3n) is 2.80. The van der Waals surface area contributed by atoms with Gasteiger partial charge in [0.05, 0.1) is 7.11 Å². The van der Waals surface area contributed by atoms with E-state index in [0.717, 1.165) is 5.56 Å². The van der Waals surface area contributed by atoms with Crippen molar-refractivity contribution in [2.75, 3.05) is 13.7 Å². The molecule has 0 radical (unpaired) electrons. The van der Waals surface area contributed by atoms with Crippen LogP contribution < -0.4 is 10.1 Å². The molecule has 7 heteroatoms. The number of rotatable bonds is 5. The van der Waals surface area contributed by atoms with Gasteiger partial charge in [0.1, 0.15) is 6.54 Å². The fourth-order valence-electron chi connectivity index (χ4n) is 1.66. The molecule has 0 atom stereocenters. The van der Waals surface area contributed by atoms with E-state index in [9.17, 15) is 9.59 Å². The Bertz CT molecular complexity index is 494. The van der Waals surface area contributed by atoms with Crippen molar-refractivity contribution in [3.63, 3.8) is 0 Å². The van der Waals surface area contributed by atoms with E-state index >= 15 is 0 Å². The molecule has 0 aliphatic heterocycles. The van der Waals surface area contributed by atoms with Crippen molar-refractivity contribution in [2.24, 2.45) is 0 Å². The molecule has 116 valence electrons. The van der Waals surface area contributed by atoms with Crippen LogP contribution in [-0.4, -0.2) is 46.2 Å². The molecule has 21 heavy (non-hydrogen) atoms. The molecule has 0 saturated heterocycles. The first-order valence-corrected chi connectivity index (χ1v) is 6.50. The normalized spacial score (nSPS) is 10.9. The number of carboxylic acids is 1. The summed E-state index contributed by atoms with van der Waals surface area (Å²) in [4.78, 5) is 28.3. The van der Waals surface area contributed by atoms with Gasteiger partial charge in [-0.05, 0) is 26.3 Å². The number of carboxylic acid groups (broad SMARTS) is 1. The van der Waals surface area contributed by atoms with Gasteiger partial charge in [-0.2, -0.15) is 0 Å². The zero-order valence-electron chi connectivity index (χ0n) is 12.7. The molecule has 2 N–H and O–H groups in total. The summed E-state index contributed by atoms with van der Waals surface area (Å²) in [6.45, 7) is 5.26. The smallest absolute Gasteiger partial charge is 0.323 e. The van der Waals surface area contributed by atoms with E-state index < -0.39 is 17.5 Å². The first-order chi connectivity index (χ1) is 9.74. The van der Waals surface area contributed by atoms with Crippen molar-refractivity contribution in [2.45, 2.75) is 32.9 Å². The molecule has 0 aromatic carbocycles. The minimum atomic E-state index is -1.05. The van der Waals surface area contributed by atoms with E-state index in [0.29, 0.717) is 5.88 Å². The molecule has 0 aliphatic carbocycles. The van der Waals surface area contributed by atoms with E-state index in [4.69, 9.17) is 9.84 Å². The molecule has 0 fully saturated rings. The monoisotopic (exact) mass is 295 g/mol. The Morgan fingerprint density at radius 3 is 2.48 bits per heavy atom. The fourth-order valence-corrected chi connectivity index (χ4v) is 1.66. The van der Waals surface area contributed by atoms with Gasteiger partial charge in [-0.1, -0.05) is 6.07 Å². The first kappa shape index (κ1) is 16.7. The van der Waals surface area contributed by atoms with Crippen molar-refractivity contribution in [3.8, 4) is 5.88 Å². The number of urea groups is 1. The number of nitrogens with zero attached hydrogens (tertiary/aromatic N) is 2. The Morgan fingerprint density at radius 1 is 1.38 bits per heavy atom. The van der Waals surface area contributed by atoms with Crippen LogP contribution >= 0.6 is 0 Å². The average Bonchev–Trinajstić information content (AvgIpc) is 2.41. The predicted molar refractivity (Wildman–Crippen MR) is 77.1 cm³/mol. The minimum Gasteiger partial charge on any atom is -0.481 e. The van der Waals surface area contributed by atoms with Crippen LogP contribution in [0.3, 0.4) is 0 Å². The molecule has 1 rings (SSSR count). The number of carbonyl (C=O) groups excluding carboxylic acids is 1. The highest BCUT2D eigenvalue weighted by molar-refractivity contribution is 5.80. The number of hydrogen-bond donors (Lipinski definition) is 2. The van der Waals surface area contributed by atoms with Gasteiger partial charge in [0.15, 0.2) is 0 Å². The highest BCUT2D eigenvalue weighted by Gasteiger charge is 2.28. The molecular weight excluding hydrogens is 274 g/mol. The number of ether oxygens (including phenoxy) is 1. The number of hydrogen-bond acceptors (Lipinski definition) is 4. The van der Waals surface area contributed by atoms with Crippen LogP contribution in [0.5, 0.6) is 5.88 Å². The second kappa shape index (κ2) is 6.92. The van der Waals surface area contributed by atoms with Gasteiger partial charge in [-0.3, -0.25) is 4.79 Å². The van der Waals surface area contributed by atoms with Gasteiger partial charge in [0, 0.05) is 24.3 Å². The molecule has 1 aromatic heterocycles. The fraction of sp³-hybridized carbons (Fsp3) is 0.500. The molecule has 1 heterocycles. The summed E-state index contributed by atoms with van der Waals surface area (Å²) in [6, 6.07) is 3.05. The van der Waals surface area contributed by atoms with Crippen molar-refractivity contribution >= 4 is 12.0 Å². The Hall–Kier alpha value is -2.31. The third kappa shape index (κ3) is 5.29. The van der Waals surface area contributed by atoms with E-state index in [2.05, 4.69) is 10.3 Å². The van der Waals surface area contributed by atoms with Gasteiger partial charge in [-0.25, -0.2) is 9.78 Å². The zero-order chi connectivity index (χ0) is 16.0. The average molecular weight is 295 g/mol. The predicted octanol–water partition coefficient (Wildman–Crippen LogP) is 1.48. The summed E-state index contributed by atoms with van der Waals surface area (Å²) >= 11 is 0. The Balaban J connectivity index is 2.66. The second-order valence-electron chi connectivity index (χ2n) is 5.52. The molecule has 0 aliphatic rings. The van der Waals surface area contributed by atoms with E-state index in [1.165, 1.54) is 12.0 Å². The number of carbonyl (C=O) groups is 2. The third-order valence-corrected chi connectivity index (χ3v) is 2.80. The van der Waals surface area contributed by atoms with Crippen LogP contribution in [0.25, 0.3) is 0 Å². The summed E-state index contributed by atoms with van der Waals surface area (Å²) < 4.78 is 4.95. The molecule has 2 amide bonds. The van der Waals surface area contributed by atoms with Gasteiger partial charge < -0.3 is 20.1 Å². The number of aliphatic carboxylic acids is 1. The number of nitrogens with one attached hydrogen (secondary N) is 1. The first-order valence-electron chi connectivity index (χ1n) is 6.50. The number of pyridine rings is 1. The Labute approximate surface area is 123 Å². The molecule has 1 aromatic rings. The van der Waals surface area contributed by atoms with Crippen molar-refractivity contribution in [1.29, 1.82) is 0 Å². The van der Waals surface area contributed by atoms with Crippen LogP contribution in [0, 0.1) is 0 Å². The highest BCUT2D eigenvalue weighted by atomic mass is 16.5. The van der Waals surface area contributed by atoms with Crippen LogP contribution in [-0.2, 0) is 11.3 Å². The van der Waals surface area contributed by atoms with E-state index in [1.54, 1.807) is 39.1 Å². The summed E-state index contributed by atoms with van der Waals surface area (Å²) in [5.74, 6) is -0.557. The van der Waals surface area contributed by atoms with Crippen LogP contribution in [0.15, 0.2) is 18.3 Å². The SMILES string of the molecule is COc1ccc(CNC(=O)N(CC(=O)O)C(C)(C)C)cn1. The lowest BCUT2D eigenvalue weighted by molar-refractivity contribution is -0.138. The lowest BCUT2D eigenvalue weighted by Crippen LogP contribution is -2.52. The van der Waals surface area contributed by atoms with Crippen molar-refractivity contribution in [1.82, 2.24) is 15.2 Å². The summed E-state index contributed by atoms with van der Waals surface area (Å²) in [5.41, 5.74) is 0.217. The topological polar surface area (TPSA) is 91.8 Å². The van der Waals surface area contributed by atoms with Crippen molar-refractivity contribution in [3.05, 3.63) is 23.9 Å². The van der Waals surface area contributed by atoms with E-state index in [1.807, 2.05) is 0 Å². The maximum Gasteiger partial charge on any atom is 0.323 e. The number of aromatic nitrogens is 1. The summed E-state index contributed by atoms with van der Waals surface area (Å²) in [7, 11) is 1.52. The summed E-state index contributed by atoms with van der Waals surface area (Å²) in [5, 5.41) is 11.6. The standard InChI is InChI=1S/C14H21N3O4/c1-14(2,3)17(9-12(18)19)13(20)16-8-10-5-6-11(21-4)15-7-10/h5-7H,8-9H2,1-4H3,(H,16,20)(H,18,19). The Kier molecular flexibility index (Phi) is 5.52. The number of methoxy groups -OCH3 is 1. The molecule has 0 saturated carbocycles. The lowest BCUT2D eigenvalue weighted by atomic mass is 10.1. The summed E-state index contributed by atoms with van der Waals surface area (Å²) in [6.07, 6.45) is 1.59. The van der Waals surface area contributed by atoms with E-state index in [-0.39, 0.29) is 13.1 Å². The van der Waals surface area contributed by atoms with Gasteiger partial charge >= 0.3 is 12.0 Å². The minimum absolute atomic E-state index is 0.266. The molecular formula is C14H21N3O4. The Morgan fingerprint density at radius 2 is 2.05 bits per heavy atom. The van der Waals surface area contributed by atoms with Crippen molar-refractivity contribution < 1.29 is 19.4 Å². The maximum absolute atomic E-state index is 12.1.